The molecule has 0 saturated heterocycles. The minimum absolute atomic E-state index is 0.0720. The first-order valence-electron chi connectivity index (χ1n) is 5.88. The van der Waals surface area contributed by atoms with E-state index in [4.69, 9.17) is 11.7 Å². The summed E-state index contributed by atoms with van der Waals surface area (Å²) in [5.74, 6) is 0.318. The van der Waals surface area contributed by atoms with Gasteiger partial charge in [0.1, 0.15) is 6.07 Å². The molecule has 0 saturated carbocycles. The predicted molar refractivity (Wildman–Crippen MR) is 71.3 cm³/mol. The van der Waals surface area contributed by atoms with Crippen LogP contribution >= 0.6 is 0 Å². The monoisotopic (exact) mass is 300 g/mol. The van der Waals surface area contributed by atoms with Gasteiger partial charge in [-0.2, -0.15) is 10.4 Å². The van der Waals surface area contributed by atoms with Crippen LogP contribution in [-0.4, -0.2) is 36.4 Å². The Balaban J connectivity index is 2.13. The summed E-state index contributed by atoms with van der Waals surface area (Å²) in [5, 5.41) is 24.7. The second-order valence-electron chi connectivity index (χ2n) is 4.22. The molecule has 0 bridgehead atoms. The number of carbonyl (C=O) groups is 1. The number of terminal acetylenes is 1. The van der Waals surface area contributed by atoms with Gasteiger partial charge in [-0.1, -0.05) is 5.92 Å². The summed E-state index contributed by atoms with van der Waals surface area (Å²) in [4.78, 5) is 19.4. The SMILES string of the molecule is C#C[C@](O)(Cn1cc(F)cn1)C(=O)Nc1cnc(C#N)nc1. The van der Waals surface area contributed by atoms with Gasteiger partial charge in [0.15, 0.2) is 5.82 Å². The van der Waals surface area contributed by atoms with E-state index in [2.05, 4.69) is 20.4 Å². The number of nitriles is 1. The molecule has 0 spiro atoms. The molecule has 2 aromatic heterocycles. The standard InChI is InChI=1S/C13H9FN6O2/c1-2-13(22,8-20-7-9(14)4-18-20)12(21)19-10-5-16-11(3-15)17-6-10/h1,4-7,22H,8H2,(H,19,21)/t13-/m0/s1. The fraction of sp³-hybridized carbons (Fsp3) is 0.154. The zero-order chi connectivity index (χ0) is 16.2. The van der Waals surface area contributed by atoms with Crippen molar-refractivity contribution in [3.63, 3.8) is 0 Å². The van der Waals surface area contributed by atoms with Gasteiger partial charge in [0.2, 0.25) is 11.4 Å². The lowest BCUT2D eigenvalue weighted by molar-refractivity contribution is -0.130. The Bertz CT molecular complexity index is 773. The number of hydrogen-bond acceptors (Lipinski definition) is 6. The lowest BCUT2D eigenvalue weighted by atomic mass is 10.0. The summed E-state index contributed by atoms with van der Waals surface area (Å²) in [6, 6.07) is 1.72. The minimum Gasteiger partial charge on any atom is -0.368 e. The predicted octanol–water partition coefficient (Wildman–Crippen LogP) is -0.313. The van der Waals surface area contributed by atoms with E-state index in [-0.39, 0.29) is 11.5 Å². The number of anilines is 1. The van der Waals surface area contributed by atoms with Crippen LogP contribution in [0.4, 0.5) is 10.1 Å². The molecular formula is C13H9FN6O2. The number of carbonyl (C=O) groups excluding carboxylic acids is 1. The number of halogens is 1. The van der Waals surface area contributed by atoms with Gasteiger partial charge >= 0.3 is 0 Å². The normalized spacial score (nSPS) is 12.7. The lowest BCUT2D eigenvalue weighted by Gasteiger charge is -2.20. The molecule has 0 aliphatic carbocycles. The number of aromatic nitrogens is 4. The van der Waals surface area contributed by atoms with Crippen LogP contribution in [0, 0.1) is 29.5 Å². The van der Waals surface area contributed by atoms with Gasteiger partial charge in [-0.15, -0.1) is 6.42 Å². The van der Waals surface area contributed by atoms with Crippen LogP contribution in [0.3, 0.4) is 0 Å². The fourth-order valence-electron chi connectivity index (χ4n) is 1.53. The van der Waals surface area contributed by atoms with Crippen molar-refractivity contribution in [1.29, 1.82) is 5.26 Å². The van der Waals surface area contributed by atoms with Gasteiger partial charge < -0.3 is 10.4 Å². The molecule has 2 rings (SSSR count). The lowest BCUT2D eigenvalue weighted by Crippen LogP contribution is -2.45. The summed E-state index contributed by atoms with van der Waals surface area (Å²) >= 11 is 0. The number of aliphatic hydroxyl groups is 1. The topological polar surface area (TPSA) is 117 Å². The van der Waals surface area contributed by atoms with Crippen LogP contribution < -0.4 is 5.32 Å². The first-order valence-corrected chi connectivity index (χ1v) is 5.88. The second-order valence-corrected chi connectivity index (χ2v) is 4.22. The Hall–Kier alpha value is -3.30. The molecule has 0 fully saturated rings. The highest BCUT2D eigenvalue weighted by atomic mass is 19.1. The Morgan fingerprint density at radius 1 is 1.50 bits per heavy atom. The van der Waals surface area contributed by atoms with Crippen LogP contribution in [0.1, 0.15) is 5.82 Å². The summed E-state index contributed by atoms with van der Waals surface area (Å²) < 4.78 is 13.9. The Labute approximate surface area is 124 Å². The zero-order valence-corrected chi connectivity index (χ0v) is 11.1. The van der Waals surface area contributed by atoms with Gasteiger partial charge in [0, 0.05) is 0 Å². The number of rotatable bonds is 4. The van der Waals surface area contributed by atoms with Gasteiger partial charge in [0.05, 0.1) is 37.0 Å². The molecule has 22 heavy (non-hydrogen) atoms. The molecule has 1 atom stereocenters. The molecule has 0 radical (unpaired) electrons. The summed E-state index contributed by atoms with van der Waals surface area (Å²) in [7, 11) is 0. The molecule has 0 aliphatic rings. The van der Waals surface area contributed by atoms with E-state index in [0.717, 1.165) is 17.1 Å². The van der Waals surface area contributed by atoms with E-state index >= 15 is 0 Å². The second kappa shape index (κ2) is 5.99. The summed E-state index contributed by atoms with van der Waals surface area (Å²) in [6.45, 7) is -0.434. The smallest absolute Gasteiger partial charge is 0.271 e. The van der Waals surface area contributed by atoms with Crippen molar-refractivity contribution in [3.05, 3.63) is 36.4 Å². The molecular weight excluding hydrogens is 291 g/mol. The molecule has 0 aromatic carbocycles. The van der Waals surface area contributed by atoms with E-state index in [1.165, 1.54) is 12.4 Å². The maximum Gasteiger partial charge on any atom is 0.271 e. The number of nitrogens with one attached hydrogen (secondary N) is 1. The molecule has 0 unspecified atom stereocenters. The highest BCUT2D eigenvalue weighted by Crippen LogP contribution is 2.12. The van der Waals surface area contributed by atoms with Gasteiger partial charge in [-0.05, 0) is 0 Å². The third kappa shape index (κ3) is 3.23. The zero-order valence-electron chi connectivity index (χ0n) is 11.1. The number of amides is 1. The maximum atomic E-state index is 12.9. The third-order valence-electron chi connectivity index (χ3n) is 2.62. The van der Waals surface area contributed by atoms with E-state index < -0.39 is 23.9 Å². The molecule has 0 aliphatic heterocycles. The maximum absolute atomic E-state index is 12.9. The molecule has 1 amide bonds. The Morgan fingerprint density at radius 3 is 2.68 bits per heavy atom. The third-order valence-corrected chi connectivity index (χ3v) is 2.62. The average Bonchev–Trinajstić information content (AvgIpc) is 2.92. The largest absolute Gasteiger partial charge is 0.368 e. The van der Waals surface area contributed by atoms with Gasteiger partial charge in [-0.25, -0.2) is 14.4 Å². The van der Waals surface area contributed by atoms with Crippen LogP contribution in [-0.2, 0) is 11.3 Å². The van der Waals surface area contributed by atoms with E-state index in [1.54, 1.807) is 6.07 Å². The van der Waals surface area contributed by atoms with E-state index in [9.17, 15) is 14.3 Å². The van der Waals surface area contributed by atoms with Crippen LogP contribution in [0.25, 0.3) is 0 Å². The van der Waals surface area contributed by atoms with Crippen molar-refractivity contribution in [1.82, 2.24) is 19.7 Å². The first kappa shape index (κ1) is 15.1. The van der Waals surface area contributed by atoms with Crippen molar-refractivity contribution in [2.45, 2.75) is 12.1 Å². The number of nitrogens with zero attached hydrogens (tertiary/aromatic N) is 5. The average molecular weight is 300 g/mol. The van der Waals surface area contributed by atoms with Crippen LogP contribution in [0.2, 0.25) is 0 Å². The fourth-order valence-corrected chi connectivity index (χ4v) is 1.53. The Morgan fingerprint density at radius 2 is 2.18 bits per heavy atom. The van der Waals surface area contributed by atoms with Crippen molar-refractivity contribution >= 4 is 11.6 Å². The van der Waals surface area contributed by atoms with Gasteiger partial charge in [0.25, 0.3) is 5.91 Å². The van der Waals surface area contributed by atoms with Gasteiger partial charge in [-0.3, -0.25) is 9.48 Å². The highest BCUT2D eigenvalue weighted by Gasteiger charge is 2.35. The molecule has 8 nitrogen and oxygen atoms in total. The molecule has 9 heteroatoms. The molecule has 2 N–H and O–H groups in total. The highest BCUT2D eigenvalue weighted by molar-refractivity contribution is 5.99. The quantitative estimate of drug-likeness (QED) is 0.748. The van der Waals surface area contributed by atoms with Crippen LogP contribution in [0.5, 0.6) is 0 Å². The summed E-state index contributed by atoms with van der Waals surface area (Å²) in [5.41, 5.74) is -2.10. The Kier molecular flexibility index (Phi) is 4.11. The molecule has 2 heterocycles. The van der Waals surface area contributed by atoms with Crippen molar-refractivity contribution in [2.24, 2.45) is 0 Å². The van der Waals surface area contributed by atoms with Crippen molar-refractivity contribution in [3.8, 4) is 18.4 Å². The van der Waals surface area contributed by atoms with Crippen molar-refractivity contribution in [2.75, 3.05) is 5.32 Å². The molecule has 2 aromatic rings. The first-order chi connectivity index (χ1) is 10.5. The van der Waals surface area contributed by atoms with E-state index in [0.29, 0.717) is 0 Å². The van der Waals surface area contributed by atoms with Crippen molar-refractivity contribution < 1.29 is 14.3 Å². The van der Waals surface area contributed by atoms with E-state index in [1.807, 2.05) is 5.92 Å². The van der Waals surface area contributed by atoms with Crippen LogP contribution in [0.15, 0.2) is 24.8 Å². The summed E-state index contributed by atoms with van der Waals surface area (Å²) in [6.07, 6.45) is 9.48. The molecule has 110 valence electrons. The minimum atomic E-state index is -2.24. The number of hydrogen-bond donors (Lipinski definition) is 2.